The summed E-state index contributed by atoms with van der Waals surface area (Å²) >= 11 is 0. The van der Waals surface area contributed by atoms with Gasteiger partial charge in [0.25, 0.3) is 5.82 Å². The summed E-state index contributed by atoms with van der Waals surface area (Å²) in [5, 5.41) is 0. The highest BCUT2D eigenvalue weighted by molar-refractivity contribution is 5.91. The molecule has 2 N–H and O–H groups in total. The Labute approximate surface area is 226 Å². The van der Waals surface area contributed by atoms with Gasteiger partial charge < -0.3 is 22.7 Å². The number of aromatic nitrogens is 2. The Kier molecular flexibility index (Phi) is 9.96. The molecule has 4 rings (SSSR count). The van der Waals surface area contributed by atoms with Crippen LogP contribution in [0, 0.1) is 24.7 Å². The molecule has 2 aromatic carbocycles. The summed E-state index contributed by atoms with van der Waals surface area (Å²) in [7, 11) is 0. The van der Waals surface area contributed by atoms with E-state index in [0.717, 1.165) is 43.4 Å². The summed E-state index contributed by atoms with van der Waals surface area (Å²) < 4.78 is 4.61. The molecule has 0 bridgehead atoms. The number of halogens is 1. The first-order chi connectivity index (χ1) is 17.1. The van der Waals surface area contributed by atoms with Gasteiger partial charge in [0.1, 0.15) is 23.9 Å². The highest BCUT2D eigenvalue weighted by atomic mass is 79.9. The van der Waals surface area contributed by atoms with E-state index in [0.29, 0.717) is 6.04 Å². The highest BCUT2D eigenvalue weighted by Gasteiger charge is 2.51. The van der Waals surface area contributed by atoms with Gasteiger partial charge in [-0.05, 0) is 42.7 Å². The molecule has 5 heteroatoms. The molecule has 0 aliphatic heterocycles. The van der Waals surface area contributed by atoms with Crippen molar-refractivity contribution in [1.29, 1.82) is 0 Å². The van der Waals surface area contributed by atoms with Crippen molar-refractivity contribution in [2.45, 2.75) is 76.8 Å². The normalized spacial score (nSPS) is 17.2. The number of unbranched alkanes of at least 4 members (excludes halogenated alkanes) is 3. The van der Waals surface area contributed by atoms with E-state index in [1.54, 1.807) is 0 Å². The SMILES string of the molecule is CCCCCC#CC[n+]1ccn([C@@H]2CC[C@H](C(C(N)=O)(c3ccccc3)c3ccccc3)C2)c1C.[Br-]. The number of rotatable bonds is 9. The average molecular weight is 549 g/mol. The third-order valence-electron chi connectivity index (χ3n) is 7.73. The lowest BCUT2D eigenvalue weighted by Gasteiger charge is -2.37. The first kappa shape index (κ1) is 27.7. The van der Waals surface area contributed by atoms with Gasteiger partial charge >= 0.3 is 0 Å². The van der Waals surface area contributed by atoms with Crippen LogP contribution in [0.4, 0.5) is 0 Å². The van der Waals surface area contributed by atoms with Crippen LogP contribution in [0.2, 0.25) is 0 Å². The van der Waals surface area contributed by atoms with Crippen molar-refractivity contribution in [2.24, 2.45) is 11.7 Å². The molecule has 1 fully saturated rings. The summed E-state index contributed by atoms with van der Waals surface area (Å²) in [6.45, 7) is 5.11. The van der Waals surface area contributed by atoms with Gasteiger partial charge in [-0.3, -0.25) is 4.79 Å². The number of amides is 1. The lowest BCUT2D eigenvalue weighted by atomic mass is 9.64. The Hall–Kier alpha value is -2.84. The van der Waals surface area contributed by atoms with E-state index in [-0.39, 0.29) is 28.8 Å². The van der Waals surface area contributed by atoms with Crippen molar-refractivity contribution in [3.8, 4) is 11.8 Å². The average Bonchev–Trinajstić information content (AvgIpc) is 3.50. The van der Waals surface area contributed by atoms with E-state index >= 15 is 0 Å². The van der Waals surface area contributed by atoms with Gasteiger partial charge in [0, 0.05) is 13.3 Å². The van der Waals surface area contributed by atoms with Crippen LogP contribution >= 0.6 is 0 Å². The van der Waals surface area contributed by atoms with E-state index in [2.05, 4.69) is 71.5 Å². The molecular formula is C31H38BrN3O. The molecular weight excluding hydrogens is 510 g/mol. The van der Waals surface area contributed by atoms with Crippen molar-refractivity contribution in [2.75, 3.05) is 0 Å². The first-order valence-corrected chi connectivity index (χ1v) is 13.0. The Morgan fingerprint density at radius 2 is 1.67 bits per heavy atom. The smallest absolute Gasteiger partial charge is 0.254 e. The van der Waals surface area contributed by atoms with Crippen LogP contribution in [0.25, 0.3) is 0 Å². The maximum Gasteiger partial charge on any atom is 0.254 e. The Morgan fingerprint density at radius 1 is 1.03 bits per heavy atom. The molecule has 1 aromatic heterocycles. The van der Waals surface area contributed by atoms with Crippen LogP contribution < -0.4 is 27.3 Å². The van der Waals surface area contributed by atoms with Crippen molar-refractivity contribution < 1.29 is 26.3 Å². The number of carbonyl (C=O) groups excluding carboxylic acids is 1. The summed E-state index contributed by atoms with van der Waals surface area (Å²) in [6, 6.07) is 20.6. The van der Waals surface area contributed by atoms with Gasteiger partial charge in [-0.1, -0.05) is 92.3 Å². The van der Waals surface area contributed by atoms with Crippen molar-refractivity contribution in [1.82, 2.24) is 4.57 Å². The second kappa shape index (κ2) is 12.9. The van der Waals surface area contributed by atoms with Crippen LogP contribution in [-0.2, 0) is 16.8 Å². The molecule has 1 amide bonds. The standard InChI is InChI=1S/C31H37N3O.BrH/c1-3-4-5-6-7-14-21-33-22-23-34(25(33)2)29-20-19-28(24-29)31(30(32)35,26-15-10-8-11-16-26)27-17-12-9-13-18-27;/h8-13,15-18,22-23,28-29H,3-6,19-21,24H2,1-2H3,(H-,32,35);1H/t28-,29+;/m0./s1. The molecule has 0 saturated heterocycles. The highest BCUT2D eigenvalue weighted by Crippen LogP contribution is 2.49. The fraction of sp³-hybridized carbons (Fsp3) is 0.419. The molecule has 0 spiro atoms. The number of hydrogen-bond acceptors (Lipinski definition) is 1. The van der Waals surface area contributed by atoms with Gasteiger partial charge in [-0.2, -0.15) is 0 Å². The zero-order valence-corrected chi connectivity index (χ0v) is 23.1. The third-order valence-corrected chi connectivity index (χ3v) is 7.73. The molecule has 1 saturated carbocycles. The summed E-state index contributed by atoms with van der Waals surface area (Å²) in [6.07, 6.45) is 11.8. The number of hydrogen-bond donors (Lipinski definition) is 1. The predicted molar refractivity (Wildman–Crippen MR) is 141 cm³/mol. The Balaban J connectivity index is 0.00000361. The van der Waals surface area contributed by atoms with Crippen molar-refractivity contribution >= 4 is 5.91 Å². The minimum absolute atomic E-state index is 0. The molecule has 0 unspecified atom stereocenters. The quantitative estimate of drug-likeness (QED) is 0.250. The second-order valence-electron chi connectivity index (χ2n) is 9.76. The lowest BCUT2D eigenvalue weighted by Crippen LogP contribution is -3.00. The molecule has 3 aromatic rings. The monoisotopic (exact) mass is 547 g/mol. The zero-order chi connectivity index (χ0) is 24.7. The largest absolute Gasteiger partial charge is 1.00 e. The van der Waals surface area contributed by atoms with Gasteiger partial charge in [0.05, 0.1) is 0 Å². The minimum Gasteiger partial charge on any atom is -1.00 e. The second-order valence-corrected chi connectivity index (χ2v) is 9.76. The van der Waals surface area contributed by atoms with E-state index in [4.69, 9.17) is 5.73 Å². The minimum atomic E-state index is -0.835. The fourth-order valence-corrected chi connectivity index (χ4v) is 5.89. The van der Waals surface area contributed by atoms with Crippen molar-refractivity contribution in [3.05, 3.63) is 90.0 Å². The maximum atomic E-state index is 13.3. The summed E-state index contributed by atoms with van der Waals surface area (Å²) in [4.78, 5) is 13.3. The number of primary amides is 1. The van der Waals surface area contributed by atoms with Crippen LogP contribution in [0.5, 0.6) is 0 Å². The predicted octanol–water partition coefficient (Wildman–Crippen LogP) is 2.48. The van der Waals surface area contributed by atoms with Crippen molar-refractivity contribution in [3.63, 3.8) is 0 Å². The van der Waals surface area contributed by atoms with Crippen LogP contribution in [0.1, 0.15) is 74.9 Å². The number of carbonyl (C=O) groups is 1. The Bertz CT molecular complexity index is 1140. The van der Waals surface area contributed by atoms with Gasteiger partial charge in [-0.25, -0.2) is 9.13 Å². The molecule has 1 aliphatic carbocycles. The number of nitrogens with zero attached hydrogens (tertiary/aromatic N) is 2. The van der Waals surface area contributed by atoms with E-state index in [9.17, 15) is 4.79 Å². The van der Waals surface area contributed by atoms with E-state index in [1.807, 2.05) is 36.4 Å². The molecule has 0 radical (unpaired) electrons. The van der Waals surface area contributed by atoms with Gasteiger partial charge in [0.15, 0.2) is 6.54 Å². The number of benzene rings is 2. The lowest BCUT2D eigenvalue weighted by molar-refractivity contribution is -0.690. The number of imidazole rings is 1. The van der Waals surface area contributed by atoms with Crippen LogP contribution in [0.15, 0.2) is 73.1 Å². The fourth-order valence-electron chi connectivity index (χ4n) is 5.89. The molecule has 1 aliphatic rings. The van der Waals surface area contributed by atoms with Gasteiger partial charge in [-0.15, -0.1) is 0 Å². The van der Waals surface area contributed by atoms with Crippen LogP contribution in [-0.4, -0.2) is 10.5 Å². The number of nitrogens with two attached hydrogens (primary N) is 1. The van der Waals surface area contributed by atoms with Crippen LogP contribution in [0.3, 0.4) is 0 Å². The Morgan fingerprint density at radius 3 is 2.25 bits per heavy atom. The zero-order valence-electron chi connectivity index (χ0n) is 21.5. The molecule has 1 heterocycles. The topological polar surface area (TPSA) is 51.9 Å². The molecule has 190 valence electrons. The molecule has 36 heavy (non-hydrogen) atoms. The summed E-state index contributed by atoms with van der Waals surface area (Å²) in [5.74, 6) is 7.73. The van der Waals surface area contributed by atoms with Gasteiger partial charge in [0.2, 0.25) is 5.91 Å². The maximum absolute atomic E-state index is 13.3. The first-order valence-electron chi connectivity index (χ1n) is 13.0. The van der Waals surface area contributed by atoms with E-state index in [1.165, 1.54) is 25.1 Å². The van der Waals surface area contributed by atoms with E-state index < -0.39 is 5.41 Å². The molecule has 4 nitrogen and oxygen atoms in total. The summed E-state index contributed by atoms with van der Waals surface area (Å²) in [5.41, 5.74) is 7.41. The molecule has 2 atom stereocenters. The third kappa shape index (κ3) is 5.60.